The summed E-state index contributed by atoms with van der Waals surface area (Å²) in [6, 6.07) is 18.9. The Balaban J connectivity index is 1.89. The Bertz CT molecular complexity index is 794. The molecule has 0 saturated carbocycles. The Hall–Kier alpha value is -2.22. The van der Waals surface area contributed by atoms with Crippen LogP contribution >= 0.6 is 0 Å². The maximum absolute atomic E-state index is 6.22. The molecule has 0 aliphatic carbocycles. The van der Waals surface area contributed by atoms with Crippen LogP contribution in [0.1, 0.15) is 69.3 Å². The summed E-state index contributed by atoms with van der Waals surface area (Å²) in [5, 5.41) is 0. The van der Waals surface area contributed by atoms with E-state index in [2.05, 4.69) is 83.1 Å². The van der Waals surface area contributed by atoms with Gasteiger partial charge in [0.25, 0.3) is 0 Å². The lowest BCUT2D eigenvalue weighted by molar-refractivity contribution is 0.258. The SMILES string of the molecule is CC(C)C(C)c1ccc(CC(C)(C)C(c2ccccc2)c2ccco2)o1. The Morgan fingerprint density at radius 3 is 2.19 bits per heavy atom. The maximum atomic E-state index is 6.22. The van der Waals surface area contributed by atoms with E-state index in [1.165, 1.54) is 5.56 Å². The van der Waals surface area contributed by atoms with Crippen LogP contribution in [0, 0.1) is 11.3 Å². The monoisotopic (exact) mass is 350 g/mol. The van der Waals surface area contributed by atoms with Crippen molar-refractivity contribution in [1.29, 1.82) is 0 Å². The normalized spacial score (nSPS) is 14.5. The minimum atomic E-state index is -0.0462. The van der Waals surface area contributed by atoms with Crippen molar-refractivity contribution in [3.05, 3.63) is 83.7 Å². The molecule has 3 rings (SSSR count). The van der Waals surface area contributed by atoms with Crippen LogP contribution in [0.5, 0.6) is 0 Å². The second-order valence-corrected chi connectivity index (χ2v) is 8.36. The van der Waals surface area contributed by atoms with Crippen molar-refractivity contribution in [3.63, 3.8) is 0 Å². The third kappa shape index (κ3) is 3.95. The fourth-order valence-corrected chi connectivity index (χ4v) is 3.72. The number of furan rings is 2. The van der Waals surface area contributed by atoms with Gasteiger partial charge in [0.2, 0.25) is 0 Å². The van der Waals surface area contributed by atoms with Crippen LogP contribution in [0.3, 0.4) is 0 Å². The van der Waals surface area contributed by atoms with E-state index in [1.54, 1.807) is 6.26 Å². The lowest BCUT2D eigenvalue weighted by Gasteiger charge is -2.33. The van der Waals surface area contributed by atoms with Crippen LogP contribution in [0.4, 0.5) is 0 Å². The average molecular weight is 351 g/mol. The highest BCUT2D eigenvalue weighted by Crippen LogP contribution is 2.43. The largest absolute Gasteiger partial charge is 0.469 e. The molecule has 0 bridgehead atoms. The van der Waals surface area contributed by atoms with Gasteiger partial charge in [0.05, 0.1) is 6.26 Å². The Kier molecular flexibility index (Phi) is 5.41. The third-order valence-electron chi connectivity index (χ3n) is 5.50. The van der Waals surface area contributed by atoms with Crippen molar-refractivity contribution in [3.8, 4) is 0 Å². The minimum absolute atomic E-state index is 0.0462. The lowest BCUT2D eigenvalue weighted by atomic mass is 9.71. The summed E-state index contributed by atoms with van der Waals surface area (Å²) in [5.74, 6) is 4.31. The zero-order valence-electron chi connectivity index (χ0n) is 16.5. The first-order valence-electron chi connectivity index (χ1n) is 9.55. The zero-order chi connectivity index (χ0) is 18.7. The summed E-state index contributed by atoms with van der Waals surface area (Å²) < 4.78 is 12.0. The second kappa shape index (κ2) is 7.57. The van der Waals surface area contributed by atoms with E-state index < -0.39 is 0 Å². The molecule has 0 aliphatic rings. The first kappa shape index (κ1) is 18.6. The maximum Gasteiger partial charge on any atom is 0.111 e. The van der Waals surface area contributed by atoms with Gasteiger partial charge in [0, 0.05) is 18.3 Å². The highest BCUT2D eigenvalue weighted by molar-refractivity contribution is 5.30. The smallest absolute Gasteiger partial charge is 0.111 e. The molecule has 138 valence electrons. The van der Waals surface area contributed by atoms with Gasteiger partial charge in [-0.15, -0.1) is 0 Å². The van der Waals surface area contributed by atoms with Crippen molar-refractivity contribution in [2.24, 2.45) is 11.3 Å². The summed E-state index contributed by atoms with van der Waals surface area (Å²) in [6.07, 6.45) is 2.62. The molecule has 3 aromatic rings. The van der Waals surface area contributed by atoms with E-state index >= 15 is 0 Å². The van der Waals surface area contributed by atoms with E-state index in [0.29, 0.717) is 11.8 Å². The first-order valence-corrected chi connectivity index (χ1v) is 9.55. The van der Waals surface area contributed by atoms with E-state index in [4.69, 9.17) is 8.83 Å². The average Bonchev–Trinajstić information content (AvgIpc) is 3.27. The van der Waals surface area contributed by atoms with Gasteiger partial charge in [-0.3, -0.25) is 0 Å². The summed E-state index contributed by atoms with van der Waals surface area (Å²) in [7, 11) is 0. The van der Waals surface area contributed by atoms with Crippen LogP contribution in [0.25, 0.3) is 0 Å². The number of benzene rings is 1. The summed E-state index contributed by atoms with van der Waals surface area (Å²) >= 11 is 0. The number of hydrogen-bond donors (Lipinski definition) is 0. The molecule has 0 radical (unpaired) electrons. The first-order chi connectivity index (χ1) is 12.4. The van der Waals surface area contributed by atoms with E-state index in [9.17, 15) is 0 Å². The summed E-state index contributed by atoms with van der Waals surface area (Å²) in [6.45, 7) is 11.3. The quantitative estimate of drug-likeness (QED) is 0.457. The summed E-state index contributed by atoms with van der Waals surface area (Å²) in [5.41, 5.74) is 1.23. The molecular formula is C24H30O2. The summed E-state index contributed by atoms with van der Waals surface area (Å²) in [4.78, 5) is 0. The molecule has 0 saturated heterocycles. The molecule has 2 atom stereocenters. The molecule has 0 fully saturated rings. The lowest BCUT2D eigenvalue weighted by Crippen LogP contribution is -2.25. The predicted octanol–water partition coefficient (Wildman–Crippen LogP) is 7.03. The standard InChI is InChI=1S/C24H30O2/c1-17(2)18(3)21-14-13-20(26-21)16-24(4,5)23(22-12-9-15-25-22)19-10-7-6-8-11-19/h6-15,17-18,23H,16H2,1-5H3. The van der Waals surface area contributed by atoms with E-state index in [1.807, 2.05) is 6.07 Å². The van der Waals surface area contributed by atoms with Crippen LogP contribution in [-0.2, 0) is 6.42 Å². The Morgan fingerprint density at radius 2 is 1.58 bits per heavy atom. The fraction of sp³-hybridized carbons (Fsp3) is 0.417. The molecule has 26 heavy (non-hydrogen) atoms. The molecule has 0 aliphatic heterocycles. The molecule has 0 amide bonds. The Morgan fingerprint density at radius 1 is 0.846 bits per heavy atom. The number of hydrogen-bond acceptors (Lipinski definition) is 2. The topological polar surface area (TPSA) is 26.3 Å². The van der Waals surface area contributed by atoms with Gasteiger partial charge in [0.1, 0.15) is 17.3 Å². The third-order valence-corrected chi connectivity index (χ3v) is 5.50. The highest BCUT2D eigenvalue weighted by atomic mass is 16.3. The van der Waals surface area contributed by atoms with Crippen molar-refractivity contribution in [2.75, 3.05) is 0 Å². The van der Waals surface area contributed by atoms with Gasteiger partial charge in [-0.2, -0.15) is 0 Å². The second-order valence-electron chi connectivity index (χ2n) is 8.36. The molecule has 0 spiro atoms. The molecular weight excluding hydrogens is 320 g/mol. The molecule has 2 nitrogen and oxygen atoms in total. The fourth-order valence-electron chi connectivity index (χ4n) is 3.72. The van der Waals surface area contributed by atoms with Crippen molar-refractivity contribution >= 4 is 0 Å². The molecule has 2 heterocycles. The van der Waals surface area contributed by atoms with E-state index in [0.717, 1.165) is 23.7 Å². The highest BCUT2D eigenvalue weighted by Gasteiger charge is 2.35. The predicted molar refractivity (Wildman–Crippen MR) is 106 cm³/mol. The Labute approximate surface area is 157 Å². The molecule has 1 aromatic carbocycles. The molecule has 2 aromatic heterocycles. The van der Waals surface area contributed by atoms with Gasteiger partial charge >= 0.3 is 0 Å². The van der Waals surface area contributed by atoms with Crippen molar-refractivity contribution < 1.29 is 8.83 Å². The van der Waals surface area contributed by atoms with Gasteiger partial charge in [-0.1, -0.05) is 65.0 Å². The van der Waals surface area contributed by atoms with E-state index in [-0.39, 0.29) is 11.3 Å². The van der Waals surface area contributed by atoms with Crippen LogP contribution in [-0.4, -0.2) is 0 Å². The molecule has 0 N–H and O–H groups in total. The van der Waals surface area contributed by atoms with Gasteiger partial charge in [0.15, 0.2) is 0 Å². The molecule has 2 heteroatoms. The van der Waals surface area contributed by atoms with Crippen LogP contribution in [0.15, 0.2) is 69.7 Å². The van der Waals surface area contributed by atoms with Gasteiger partial charge in [-0.05, 0) is 41.2 Å². The minimum Gasteiger partial charge on any atom is -0.469 e. The zero-order valence-corrected chi connectivity index (χ0v) is 16.5. The number of rotatable bonds is 7. The van der Waals surface area contributed by atoms with Gasteiger partial charge < -0.3 is 8.83 Å². The molecule has 2 unspecified atom stereocenters. The van der Waals surface area contributed by atoms with Crippen molar-refractivity contribution in [2.45, 2.75) is 52.9 Å². The van der Waals surface area contributed by atoms with Crippen LogP contribution in [0.2, 0.25) is 0 Å². The van der Waals surface area contributed by atoms with Gasteiger partial charge in [-0.25, -0.2) is 0 Å². The van der Waals surface area contributed by atoms with Crippen LogP contribution < -0.4 is 0 Å². The van der Waals surface area contributed by atoms with Crippen molar-refractivity contribution in [1.82, 2.24) is 0 Å².